The summed E-state index contributed by atoms with van der Waals surface area (Å²) in [4.78, 5) is 13.5. The van der Waals surface area contributed by atoms with Crippen molar-refractivity contribution in [1.82, 2.24) is 10.6 Å². The fourth-order valence-electron chi connectivity index (χ4n) is 6.03. The van der Waals surface area contributed by atoms with Crippen LogP contribution in [0.1, 0.15) is 46.0 Å². The normalized spacial score (nSPS) is 45.4. The number of nitrogens with one attached hydrogen (secondary N) is 2. The van der Waals surface area contributed by atoms with E-state index in [0.717, 1.165) is 19.4 Å². The Morgan fingerprint density at radius 3 is 2.69 bits per heavy atom. The molecular formula is C25H43N3O6S. The molecule has 4 aliphatic heterocycles. The van der Waals surface area contributed by atoms with E-state index in [0.29, 0.717) is 43.7 Å². The molecule has 3 fully saturated rings. The molecule has 0 aliphatic carbocycles. The lowest BCUT2D eigenvalue weighted by Gasteiger charge is -2.44. The zero-order chi connectivity index (χ0) is 25.1. The molecule has 11 atom stereocenters. The minimum Gasteiger partial charge on any atom is -0.388 e. The second kappa shape index (κ2) is 12.2. The molecule has 0 saturated carbocycles. The molecule has 200 valence electrons. The van der Waals surface area contributed by atoms with Crippen LogP contribution in [0.4, 0.5) is 0 Å². The van der Waals surface area contributed by atoms with Gasteiger partial charge >= 0.3 is 0 Å². The third-order valence-electron chi connectivity index (χ3n) is 7.83. The summed E-state index contributed by atoms with van der Waals surface area (Å²) in [5.74, 6) is 1.37. The minimum absolute atomic E-state index is 0.0201. The molecule has 4 heterocycles. The first kappa shape index (κ1) is 27.3. The van der Waals surface area contributed by atoms with Crippen molar-refractivity contribution in [2.75, 3.05) is 19.7 Å². The van der Waals surface area contributed by atoms with Crippen LogP contribution in [0.15, 0.2) is 12.2 Å². The number of aliphatic hydroxyl groups excluding tert-OH is 3. The van der Waals surface area contributed by atoms with E-state index in [1.54, 1.807) is 0 Å². The molecule has 9 nitrogen and oxygen atoms in total. The molecule has 3 saturated heterocycles. The summed E-state index contributed by atoms with van der Waals surface area (Å²) in [6.45, 7) is 6.30. The number of allylic oxidation sites excluding steroid dienone is 1. The molecule has 10 heteroatoms. The first-order chi connectivity index (χ1) is 16.8. The minimum atomic E-state index is -1.37. The average Bonchev–Trinajstić information content (AvgIpc) is 3.11. The zero-order valence-electron chi connectivity index (χ0n) is 20.8. The summed E-state index contributed by atoms with van der Waals surface area (Å²) in [6, 6.07) is -1.03. The van der Waals surface area contributed by atoms with Crippen molar-refractivity contribution in [3.8, 4) is 0 Å². The number of carbonyl (C=O) groups excluding carboxylic acids is 1. The van der Waals surface area contributed by atoms with Gasteiger partial charge < -0.3 is 41.2 Å². The van der Waals surface area contributed by atoms with Crippen molar-refractivity contribution in [3.05, 3.63) is 12.2 Å². The summed E-state index contributed by atoms with van der Waals surface area (Å²) in [6.07, 6.45) is 3.39. The Hall–Kier alpha value is -0.720. The van der Waals surface area contributed by atoms with Crippen LogP contribution in [0.2, 0.25) is 0 Å². The third-order valence-corrected chi connectivity index (χ3v) is 9.26. The fourth-order valence-corrected chi connectivity index (χ4v) is 7.25. The van der Waals surface area contributed by atoms with E-state index in [2.05, 4.69) is 24.5 Å². The molecule has 4 aliphatic rings. The third kappa shape index (κ3) is 6.41. The molecule has 0 spiro atoms. The Bertz CT molecular complexity index is 742. The Balaban J connectivity index is 1.46. The van der Waals surface area contributed by atoms with Gasteiger partial charge in [-0.05, 0) is 49.9 Å². The van der Waals surface area contributed by atoms with Gasteiger partial charge in [0.05, 0.1) is 12.1 Å². The average molecular weight is 514 g/mol. The van der Waals surface area contributed by atoms with E-state index in [-0.39, 0.29) is 17.3 Å². The van der Waals surface area contributed by atoms with Gasteiger partial charge in [-0.1, -0.05) is 26.0 Å². The lowest BCUT2D eigenvalue weighted by Crippen LogP contribution is -2.64. The molecule has 2 bridgehead atoms. The van der Waals surface area contributed by atoms with Gasteiger partial charge in [-0.3, -0.25) is 4.79 Å². The monoisotopic (exact) mass is 513 g/mol. The topological polar surface area (TPSA) is 146 Å². The number of aliphatic hydroxyl groups is 3. The molecule has 0 aromatic rings. The number of fused-ring (bicyclic) bond motifs is 3. The van der Waals surface area contributed by atoms with Gasteiger partial charge in [0.2, 0.25) is 5.91 Å². The van der Waals surface area contributed by atoms with Crippen molar-refractivity contribution in [1.29, 1.82) is 0 Å². The Kier molecular flexibility index (Phi) is 9.53. The smallest absolute Gasteiger partial charge is 0.240 e. The maximum absolute atomic E-state index is 13.5. The lowest BCUT2D eigenvalue weighted by atomic mass is 9.85. The molecule has 0 aromatic carbocycles. The number of thioether (sulfide) groups is 1. The molecule has 7 N–H and O–H groups in total. The van der Waals surface area contributed by atoms with Gasteiger partial charge in [-0.25, -0.2) is 0 Å². The molecule has 35 heavy (non-hydrogen) atoms. The van der Waals surface area contributed by atoms with Crippen molar-refractivity contribution in [2.24, 2.45) is 23.5 Å². The van der Waals surface area contributed by atoms with Gasteiger partial charge in [0.25, 0.3) is 0 Å². The first-order valence-corrected chi connectivity index (χ1v) is 14.1. The number of rotatable bonds is 5. The predicted molar refractivity (Wildman–Crippen MR) is 135 cm³/mol. The number of hydrogen-bond acceptors (Lipinski definition) is 9. The highest BCUT2D eigenvalue weighted by Crippen LogP contribution is 2.36. The Labute approximate surface area is 212 Å². The lowest BCUT2D eigenvalue weighted by molar-refractivity contribution is -0.205. The van der Waals surface area contributed by atoms with E-state index in [4.69, 9.17) is 15.2 Å². The summed E-state index contributed by atoms with van der Waals surface area (Å²) in [5, 5.41) is 38.3. The highest BCUT2D eigenvalue weighted by Gasteiger charge is 2.49. The number of nitrogens with two attached hydrogens (primary N) is 1. The van der Waals surface area contributed by atoms with Crippen molar-refractivity contribution in [2.45, 2.75) is 99.2 Å². The zero-order valence-corrected chi connectivity index (χ0v) is 21.6. The van der Waals surface area contributed by atoms with E-state index in [1.165, 1.54) is 18.2 Å². The fraction of sp³-hybridized carbons (Fsp3) is 0.880. The van der Waals surface area contributed by atoms with Gasteiger partial charge in [0.15, 0.2) is 0 Å². The highest BCUT2D eigenvalue weighted by atomic mass is 32.2. The van der Waals surface area contributed by atoms with Crippen LogP contribution >= 0.6 is 11.8 Å². The van der Waals surface area contributed by atoms with Crippen LogP contribution in [0.25, 0.3) is 0 Å². The summed E-state index contributed by atoms with van der Waals surface area (Å²) in [7, 11) is 0. The largest absolute Gasteiger partial charge is 0.388 e. The van der Waals surface area contributed by atoms with E-state index < -0.39 is 41.9 Å². The molecular weight excluding hydrogens is 470 g/mol. The number of carbonyl (C=O) groups is 1. The molecule has 1 amide bonds. The molecule has 0 radical (unpaired) electrons. The van der Waals surface area contributed by atoms with Crippen LogP contribution in [-0.4, -0.2) is 94.2 Å². The van der Waals surface area contributed by atoms with Crippen LogP contribution in [0, 0.1) is 17.8 Å². The summed E-state index contributed by atoms with van der Waals surface area (Å²) < 4.78 is 12.3. The number of ether oxygens (including phenoxy) is 2. The van der Waals surface area contributed by atoms with E-state index in [9.17, 15) is 20.1 Å². The maximum Gasteiger partial charge on any atom is 0.240 e. The summed E-state index contributed by atoms with van der Waals surface area (Å²) in [5.41, 5.74) is 5.13. The summed E-state index contributed by atoms with van der Waals surface area (Å²) >= 11 is 1.36. The van der Waals surface area contributed by atoms with Crippen LogP contribution in [0.3, 0.4) is 0 Å². The van der Waals surface area contributed by atoms with Gasteiger partial charge in [-0.2, -0.15) is 0 Å². The van der Waals surface area contributed by atoms with Crippen LogP contribution in [-0.2, 0) is 14.3 Å². The van der Waals surface area contributed by atoms with Crippen molar-refractivity contribution >= 4 is 17.7 Å². The SMILES string of the molecule is CC(C)C[C@@H]1CCO[C@@H]2[C@H](CN[C@@H]2C(=O)N[C@@H]2C/C=C\C[C@@H](CN)S[C@H]3O[C@H]2[C@H](O)[C@H](O)[C@H]3O)C1. The van der Waals surface area contributed by atoms with Crippen LogP contribution in [0.5, 0.6) is 0 Å². The number of amides is 1. The second-order valence-corrected chi connectivity index (χ2v) is 12.4. The van der Waals surface area contributed by atoms with E-state index >= 15 is 0 Å². The van der Waals surface area contributed by atoms with Crippen molar-refractivity contribution < 1.29 is 29.6 Å². The second-order valence-electron chi connectivity index (χ2n) is 11.0. The quantitative estimate of drug-likeness (QED) is 0.282. The maximum atomic E-state index is 13.5. The number of hydrogen-bond donors (Lipinski definition) is 6. The predicted octanol–water partition coefficient (Wildman–Crippen LogP) is 0.119. The molecule has 0 unspecified atom stereocenters. The Morgan fingerprint density at radius 2 is 1.94 bits per heavy atom. The van der Waals surface area contributed by atoms with Gasteiger partial charge in [0, 0.05) is 24.9 Å². The highest BCUT2D eigenvalue weighted by molar-refractivity contribution is 8.00. The molecule has 0 aromatic heterocycles. The standard InChI is InChI=1S/C25H43N3O6S/c1-13(2)9-14-7-8-33-22-15(10-14)12-27-18(22)24(32)28-17-6-4-3-5-16(11-26)35-25-21(31)19(29)20(30)23(17)34-25/h3-4,13-23,25,27,29-31H,5-12,26H2,1-2H3,(H,28,32)/b4-3-/t14-,15-,16-,17+,18-,19-,20+,21+,22+,23+,25+/m0/s1. The van der Waals surface area contributed by atoms with Crippen LogP contribution < -0.4 is 16.4 Å². The van der Waals surface area contributed by atoms with E-state index in [1.807, 2.05) is 12.2 Å². The molecule has 4 rings (SSSR count). The Morgan fingerprint density at radius 1 is 1.17 bits per heavy atom. The van der Waals surface area contributed by atoms with Crippen molar-refractivity contribution in [3.63, 3.8) is 0 Å². The van der Waals surface area contributed by atoms with Gasteiger partial charge in [-0.15, -0.1) is 11.8 Å². The first-order valence-electron chi connectivity index (χ1n) is 13.1. The van der Waals surface area contributed by atoms with Gasteiger partial charge in [0.1, 0.15) is 35.9 Å².